The number of esters is 1. The number of cyclic esters (lactones) is 1. The number of hydrogen-bond acceptors (Lipinski definition) is 10. The Morgan fingerprint density at radius 1 is 0.918 bits per heavy atom. The van der Waals surface area contributed by atoms with Crippen LogP contribution in [0.25, 0.3) is 0 Å². The zero-order valence-electron chi connectivity index (χ0n) is 33.4. The molecule has 11 heteroatoms. The molecule has 4 aliphatic heterocycles. The lowest BCUT2D eigenvalue weighted by Crippen LogP contribution is -2.58. The van der Waals surface area contributed by atoms with Gasteiger partial charge in [-0.1, -0.05) is 68.7 Å². The predicted octanol–water partition coefficient (Wildman–Crippen LogP) is 6.19. The zero-order valence-corrected chi connectivity index (χ0v) is 33.4. The van der Waals surface area contributed by atoms with Crippen molar-refractivity contribution >= 4 is 12.1 Å². The minimum atomic E-state index is -0.872. The molecule has 15 atom stereocenters. The van der Waals surface area contributed by atoms with Gasteiger partial charge in [0.15, 0.2) is 12.4 Å². The summed E-state index contributed by atoms with van der Waals surface area (Å²) in [5, 5.41) is 14.6. The summed E-state index contributed by atoms with van der Waals surface area (Å²) in [6, 6.07) is -0.135. The Morgan fingerprint density at radius 3 is 2.08 bits per heavy atom. The molecule has 49 heavy (non-hydrogen) atoms. The van der Waals surface area contributed by atoms with Crippen molar-refractivity contribution < 1.29 is 43.1 Å². The largest absolute Gasteiger partial charge is 0.458 e. The number of carbonyl (C=O) groups is 2. The molecule has 4 fully saturated rings. The van der Waals surface area contributed by atoms with E-state index in [0.29, 0.717) is 25.9 Å². The molecule has 4 aliphatic rings. The lowest BCUT2D eigenvalue weighted by Gasteiger charge is -2.48. The highest BCUT2D eigenvalue weighted by Gasteiger charge is 2.54. The van der Waals surface area contributed by atoms with Gasteiger partial charge in [-0.05, 0) is 64.2 Å². The quantitative estimate of drug-likeness (QED) is 0.310. The van der Waals surface area contributed by atoms with Gasteiger partial charge in [0.2, 0.25) is 0 Å². The number of carbonyl (C=O) groups excluding carboxylic acids is 2. The number of rotatable bonds is 6. The van der Waals surface area contributed by atoms with Crippen molar-refractivity contribution in [3.05, 3.63) is 0 Å². The van der Waals surface area contributed by atoms with E-state index in [0.717, 1.165) is 12.8 Å². The Morgan fingerprint density at radius 2 is 1.53 bits per heavy atom. The van der Waals surface area contributed by atoms with Crippen molar-refractivity contribution in [2.75, 3.05) is 27.3 Å². The first-order valence-corrected chi connectivity index (χ1v) is 19.2. The summed E-state index contributed by atoms with van der Waals surface area (Å²) in [5.41, 5.74) is -1.42. The third-order valence-corrected chi connectivity index (χ3v) is 12.0. The van der Waals surface area contributed by atoms with Crippen LogP contribution in [0.5, 0.6) is 0 Å². The molecule has 4 heterocycles. The van der Waals surface area contributed by atoms with Crippen LogP contribution >= 0.6 is 0 Å². The molecule has 6 unspecified atom stereocenters. The van der Waals surface area contributed by atoms with Gasteiger partial charge in [0.25, 0.3) is 0 Å². The highest BCUT2D eigenvalue weighted by Crippen LogP contribution is 2.44. The van der Waals surface area contributed by atoms with E-state index in [1.54, 1.807) is 21.1 Å². The first-order valence-electron chi connectivity index (χ1n) is 19.2. The van der Waals surface area contributed by atoms with Gasteiger partial charge in [-0.15, -0.1) is 0 Å². The van der Waals surface area contributed by atoms with E-state index in [4.69, 9.17) is 28.4 Å². The molecule has 11 nitrogen and oxygen atoms in total. The summed E-state index contributed by atoms with van der Waals surface area (Å²) in [6.45, 7) is 27.6. The molecule has 0 aromatic heterocycles. The van der Waals surface area contributed by atoms with Crippen LogP contribution in [0.1, 0.15) is 116 Å². The molecule has 0 aliphatic carbocycles. The summed E-state index contributed by atoms with van der Waals surface area (Å²) in [4.78, 5) is 29.1. The third-order valence-electron chi connectivity index (χ3n) is 12.0. The number of nitrogens with zero attached hydrogens (tertiary/aromatic N) is 1. The van der Waals surface area contributed by atoms with Crippen molar-refractivity contribution in [1.29, 1.82) is 0 Å². The van der Waals surface area contributed by atoms with Crippen LogP contribution in [0.15, 0.2) is 0 Å². The Bertz CT molecular complexity index is 1030. The number of nitrogens with one attached hydrogen (secondary N) is 1. The third kappa shape index (κ3) is 9.12. The molecule has 0 spiro atoms. The molecule has 0 aromatic carbocycles. The summed E-state index contributed by atoms with van der Waals surface area (Å²) < 4.78 is 37.4. The Hall–Kier alpha value is -1.50. The van der Waals surface area contributed by atoms with Crippen molar-refractivity contribution in [3.8, 4) is 0 Å². The normalized spacial score (nSPS) is 44.6. The van der Waals surface area contributed by atoms with Gasteiger partial charge in [0.1, 0.15) is 12.2 Å². The molecule has 2 bridgehead atoms. The van der Waals surface area contributed by atoms with Gasteiger partial charge in [-0.2, -0.15) is 0 Å². The fourth-order valence-corrected chi connectivity index (χ4v) is 8.82. The fourth-order valence-electron chi connectivity index (χ4n) is 8.82. The van der Waals surface area contributed by atoms with Crippen LogP contribution in [0, 0.1) is 29.6 Å². The summed E-state index contributed by atoms with van der Waals surface area (Å²) in [6.07, 6.45) is -1.87. The number of methoxy groups -OCH3 is 2. The highest BCUT2D eigenvalue weighted by molar-refractivity contribution is 5.74. The van der Waals surface area contributed by atoms with E-state index in [9.17, 15) is 14.7 Å². The van der Waals surface area contributed by atoms with Crippen LogP contribution in [-0.4, -0.2) is 109 Å². The molecular formula is C38H72N2O9. The Labute approximate surface area is 297 Å². The van der Waals surface area contributed by atoms with Crippen molar-refractivity contribution in [3.63, 3.8) is 0 Å². The standard InChI is InChI=1S/C34H60N2O9.2C2H6/c1-12-23-21(6)33(8,40-10)16-18(3)26-19(4)27-29(45-32(39)36(27)15-14-35-26)24(13-2)43-31(38)20(5)28(23)44-25-17-34(9,41-11)30(37)22(7)42-25;2*1-2/h18-30,35,37H,12-17H2,1-11H3;2*1-2H3/t18-,19?,20?,21-,22?,23-,24-,25+,26?,27?,28-,29?,30+,33-,34-;;/m1../s1. The average molecular weight is 701 g/mol. The smallest absolute Gasteiger partial charge is 0.410 e. The minimum Gasteiger partial charge on any atom is -0.458 e. The summed E-state index contributed by atoms with van der Waals surface area (Å²) in [5.74, 6) is -0.915. The van der Waals surface area contributed by atoms with Crippen LogP contribution in [0.3, 0.4) is 0 Å². The predicted molar refractivity (Wildman–Crippen MR) is 191 cm³/mol. The summed E-state index contributed by atoms with van der Waals surface area (Å²) >= 11 is 0. The molecule has 0 aromatic rings. The second-order valence-corrected chi connectivity index (χ2v) is 14.6. The van der Waals surface area contributed by atoms with Gasteiger partial charge in [0, 0.05) is 39.8 Å². The maximum absolute atomic E-state index is 14.1. The number of aliphatic hydroxyl groups excluding tert-OH is 1. The van der Waals surface area contributed by atoms with Crippen LogP contribution < -0.4 is 5.32 Å². The molecule has 4 rings (SSSR count). The maximum atomic E-state index is 14.1. The van der Waals surface area contributed by atoms with Gasteiger partial charge >= 0.3 is 12.1 Å². The number of ether oxygens (including phenoxy) is 6. The molecule has 1 amide bonds. The van der Waals surface area contributed by atoms with Gasteiger partial charge in [-0.3, -0.25) is 9.69 Å². The maximum Gasteiger partial charge on any atom is 0.410 e. The highest BCUT2D eigenvalue weighted by atomic mass is 16.7. The minimum absolute atomic E-state index is 0.0118. The van der Waals surface area contributed by atoms with E-state index in [1.807, 2.05) is 53.4 Å². The first-order chi connectivity index (χ1) is 23.2. The Balaban J connectivity index is 0.00000201. The van der Waals surface area contributed by atoms with Crippen molar-refractivity contribution in [2.45, 2.75) is 176 Å². The second kappa shape index (κ2) is 18.8. The van der Waals surface area contributed by atoms with Gasteiger partial charge in [-0.25, -0.2) is 4.79 Å². The molecule has 288 valence electrons. The lowest BCUT2D eigenvalue weighted by atomic mass is 9.69. The molecular weight excluding hydrogens is 628 g/mol. The fraction of sp³-hybridized carbons (Fsp3) is 0.947. The summed E-state index contributed by atoms with van der Waals surface area (Å²) in [7, 11) is 3.35. The van der Waals surface area contributed by atoms with Crippen molar-refractivity contribution in [2.24, 2.45) is 29.6 Å². The van der Waals surface area contributed by atoms with Crippen molar-refractivity contribution in [1.82, 2.24) is 10.2 Å². The van der Waals surface area contributed by atoms with E-state index in [-0.39, 0.29) is 41.8 Å². The lowest BCUT2D eigenvalue weighted by molar-refractivity contribution is -0.298. The monoisotopic (exact) mass is 701 g/mol. The van der Waals surface area contributed by atoms with E-state index in [2.05, 4.69) is 39.9 Å². The zero-order chi connectivity index (χ0) is 37.4. The van der Waals surface area contributed by atoms with Crippen LogP contribution in [0.2, 0.25) is 0 Å². The van der Waals surface area contributed by atoms with E-state index < -0.39 is 59.9 Å². The van der Waals surface area contributed by atoms with Crippen LogP contribution in [0.4, 0.5) is 4.79 Å². The Kier molecular flexibility index (Phi) is 16.8. The number of amides is 1. The molecule has 0 saturated carbocycles. The molecule has 2 N–H and O–H groups in total. The van der Waals surface area contributed by atoms with E-state index >= 15 is 0 Å². The molecule has 4 saturated heterocycles. The topological polar surface area (TPSA) is 125 Å². The number of aliphatic hydroxyl groups is 1. The molecule has 0 radical (unpaired) electrons. The number of fused-ring (bicyclic) bond motifs is 1. The average Bonchev–Trinajstić information content (AvgIpc) is 3.32. The second-order valence-electron chi connectivity index (χ2n) is 14.6. The SMILES string of the molecule is CC.CC.CC[C@H]1[C@H](O[C@H]2C[C@@](C)(OC)[C@@H](O)C(C)O2)C(C)C(=O)O[C@H](CC)C2OC(=O)N3CCNC(C(C)C23)[C@H](C)C[C@@](C)(OC)[C@@H]1C. The number of hydrogen-bond donors (Lipinski definition) is 2. The van der Waals surface area contributed by atoms with E-state index in [1.165, 1.54) is 0 Å². The van der Waals surface area contributed by atoms with Crippen LogP contribution in [-0.2, 0) is 33.2 Å². The van der Waals surface area contributed by atoms with Gasteiger partial charge < -0.3 is 38.8 Å². The van der Waals surface area contributed by atoms with Gasteiger partial charge in [0.05, 0.1) is 35.4 Å². The first kappa shape index (κ1) is 43.7.